The van der Waals surface area contributed by atoms with Gasteiger partial charge in [-0.15, -0.1) is 0 Å². The molecular formula is C14H17N3O3. The largest absolute Gasteiger partial charge is 0.462 e. The maximum Gasteiger partial charge on any atom is 0.345 e. The highest BCUT2D eigenvalue weighted by Crippen LogP contribution is 2.30. The first-order valence-electron chi connectivity index (χ1n) is 6.98. The highest BCUT2D eigenvalue weighted by Gasteiger charge is 2.23. The lowest BCUT2D eigenvalue weighted by atomic mass is 10.2. The van der Waals surface area contributed by atoms with Crippen LogP contribution in [-0.4, -0.2) is 26.8 Å². The van der Waals surface area contributed by atoms with Crippen molar-refractivity contribution in [3.8, 4) is 0 Å². The van der Waals surface area contributed by atoms with Crippen molar-refractivity contribution in [1.82, 2.24) is 14.2 Å². The smallest absolute Gasteiger partial charge is 0.345 e. The van der Waals surface area contributed by atoms with Crippen molar-refractivity contribution in [3.63, 3.8) is 0 Å². The maximum atomic E-state index is 12.3. The standard InChI is InChI=1S/C14H17N3O3/c1-2-20-14(19)11-9-16(10-5-3-4-6-10)12-7-8-15-17(12)13(11)18/h7-10H,2-6H2,1H3. The molecule has 6 heteroatoms. The van der Waals surface area contributed by atoms with E-state index in [0.717, 1.165) is 18.5 Å². The topological polar surface area (TPSA) is 65.6 Å². The van der Waals surface area contributed by atoms with Gasteiger partial charge in [0.1, 0.15) is 11.2 Å². The summed E-state index contributed by atoms with van der Waals surface area (Å²) in [7, 11) is 0. The Morgan fingerprint density at radius 2 is 2.20 bits per heavy atom. The number of aromatic nitrogens is 3. The Morgan fingerprint density at radius 1 is 1.45 bits per heavy atom. The fraction of sp³-hybridized carbons (Fsp3) is 0.500. The Hall–Kier alpha value is -2.11. The summed E-state index contributed by atoms with van der Waals surface area (Å²) >= 11 is 0. The number of nitrogens with zero attached hydrogens (tertiary/aromatic N) is 3. The lowest BCUT2D eigenvalue weighted by Crippen LogP contribution is -2.27. The number of carbonyl (C=O) groups is 1. The Bertz CT molecular complexity index is 695. The number of esters is 1. The van der Waals surface area contributed by atoms with Crippen LogP contribution in [0.2, 0.25) is 0 Å². The molecule has 20 heavy (non-hydrogen) atoms. The molecule has 0 bridgehead atoms. The molecule has 3 rings (SSSR count). The lowest BCUT2D eigenvalue weighted by Gasteiger charge is -2.17. The number of fused-ring (bicyclic) bond motifs is 1. The van der Waals surface area contributed by atoms with Gasteiger partial charge in [-0.25, -0.2) is 4.79 Å². The summed E-state index contributed by atoms with van der Waals surface area (Å²) in [4.78, 5) is 24.2. The average Bonchev–Trinajstić information content (AvgIpc) is 3.10. The first-order chi connectivity index (χ1) is 9.72. The molecule has 1 aliphatic carbocycles. The molecule has 0 atom stereocenters. The Morgan fingerprint density at radius 3 is 2.90 bits per heavy atom. The van der Waals surface area contributed by atoms with Crippen molar-refractivity contribution in [2.24, 2.45) is 0 Å². The minimum absolute atomic E-state index is 0.0509. The molecule has 0 N–H and O–H groups in total. The molecule has 0 aliphatic heterocycles. The Kier molecular flexibility index (Phi) is 3.30. The summed E-state index contributed by atoms with van der Waals surface area (Å²) in [6.45, 7) is 1.97. The normalized spacial score (nSPS) is 15.8. The second-order valence-electron chi connectivity index (χ2n) is 5.02. The van der Waals surface area contributed by atoms with Crippen molar-refractivity contribution in [2.45, 2.75) is 38.6 Å². The number of rotatable bonds is 3. The van der Waals surface area contributed by atoms with E-state index in [9.17, 15) is 9.59 Å². The van der Waals surface area contributed by atoms with Crippen molar-refractivity contribution >= 4 is 11.6 Å². The molecule has 6 nitrogen and oxygen atoms in total. The van der Waals surface area contributed by atoms with E-state index in [1.165, 1.54) is 17.4 Å². The van der Waals surface area contributed by atoms with Gasteiger partial charge in [-0.2, -0.15) is 9.61 Å². The molecule has 0 aromatic carbocycles. The van der Waals surface area contributed by atoms with Gasteiger partial charge in [0.15, 0.2) is 0 Å². The van der Waals surface area contributed by atoms with E-state index < -0.39 is 11.5 Å². The first kappa shape index (κ1) is 12.9. The van der Waals surface area contributed by atoms with Crippen molar-refractivity contribution in [2.75, 3.05) is 6.61 Å². The average molecular weight is 275 g/mol. The van der Waals surface area contributed by atoms with E-state index in [1.54, 1.807) is 25.4 Å². The monoisotopic (exact) mass is 275 g/mol. The molecular weight excluding hydrogens is 258 g/mol. The molecule has 0 saturated heterocycles. The van der Waals surface area contributed by atoms with Gasteiger partial charge >= 0.3 is 5.97 Å². The van der Waals surface area contributed by atoms with Crippen LogP contribution in [0, 0.1) is 0 Å². The van der Waals surface area contributed by atoms with Crippen LogP contribution < -0.4 is 5.56 Å². The minimum Gasteiger partial charge on any atom is -0.462 e. The summed E-state index contributed by atoms with van der Waals surface area (Å²) in [6, 6.07) is 2.12. The third-order valence-electron chi connectivity index (χ3n) is 3.79. The molecule has 2 aromatic rings. The third-order valence-corrected chi connectivity index (χ3v) is 3.79. The summed E-state index contributed by atoms with van der Waals surface area (Å²) in [5.41, 5.74) is 0.364. The third kappa shape index (κ3) is 2.01. The van der Waals surface area contributed by atoms with Gasteiger partial charge in [-0.1, -0.05) is 12.8 Å². The predicted molar refractivity (Wildman–Crippen MR) is 72.9 cm³/mol. The van der Waals surface area contributed by atoms with Gasteiger partial charge in [0.25, 0.3) is 5.56 Å². The fourth-order valence-electron chi connectivity index (χ4n) is 2.85. The zero-order chi connectivity index (χ0) is 14.1. The summed E-state index contributed by atoms with van der Waals surface area (Å²) in [5.74, 6) is -0.582. The number of hydrogen-bond donors (Lipinski definition) is 0. The van der Waals surface area contributed by atoms with E-state index >= 15 is 0 Å². The van der Waals surface area contributed by atoms with Crippen molar-refractivity contribution in [3.05, 3.63) is 34.4 Å². The molecule has 106 valence electrons. The van der Waals surface area contributed by atoms with Crippen LogP contribution in [0.1, 0.15) is 49.0 Å². The van der Waals surface area contributed by atoms with Gasteiger partial charge in [0.05, 0.1) is 12.8 Å². The van der Waals surface area contributed by atoms with Gasteiger partial charge in [0.2, 0.25) is 0 Å². The zero-order valence-corrected chi connectivity index (χ0v) is 11.4. The summed E-state index contributed by atoms with van der Waals surface area (Å²) in [5, 5.41) is 4.03. The molecule has 2 aromatic heterocycles. The Labute approximate surface area is 116 Å². The van der Waals surface area contributed by atoms with E-state index in [4.69, 9.17) is 4.74 Å². The van der Waals surface area contributed by atoms with E-state index in [2.05, 4.69) is 5.10 Å². The number of ether oxygens (including phenoxy) is 1. The lowest BCUT2D eigenvalue weighted by molar-refractivity contribution is 0.0522. The molecule has 0 spiro atoms. The van der Waals surface area contributed by atoms with Gasteiger partial charge < -0.3 is 9.30 Å². The molecule has 0 amide bonds. The molecule has 1 fully saturated rings. The molecule has 0 radical (unpaired) electrons. The van der Waals surface area contributed by atoms with Crippen LogP contribution in [0.4, 0.5) is 0 Å². The highest BCUT2D eigenvalue weighted by molar-refractivity contribution is 5.88. The van der Waals surface area contributed by atoms with Crippen LogP contribution in [0.5, 0.6) is 0 Å². The van der Waals surface area contributed by atoms with Crippen LogP contribution in [0.25, 0.3) is 5.65 Å². The first-order valence-corrected chi connectivity index (χ1v) is 6.98. The van der Waals surface area contributed by atoms with Crippen molar-refractivity contribution in [1.29, 1.82) is 0 Å². The maximum absolute atomic E-state index is 12.3. The van der Waals surface area contributed by atoms with Crippen LogP contribution >= 0.6 is 0 Å². The molecule has 0 unspecified atom stereocenters. The van der Waals surface area contributed by atoms with Crippen molar-refractivity contribution < 1.29 is 9.53 Å². The zero-order valence-electron chi connectivity index (χ0n) is 11.4. The molecule has 1 aliphatic rings. The van der Waals surface area contributed by atoms with Gasteiger partial charge in [0, 0.05) is 18.3 Å². The number of carbonyl (C=O) groups excluding carboxylic acids is 1. The fourth-order valence-corrected chi connectivity index (χ4v) is 2.85. The highest BCUT2D eigenvalue weighted by atomic mass is 16.5. The number of hydrogen-bond acceptors (Lipinski definition) is 4. The predicted octanol–water partition coefficient (Wildman–Crippen LogP) is 1.79. The summed E-state index contributed by atoms with van der Waals surface area (Å²) in [6.07, 6.45) is 7.68. The van der Waals surface area contributed by atoms with Gasteiger partial charge in [-0.05, 0) is 19.8 Å². The molecule has 1 saturated carbocycles. The molecule has 2 heterocycles. The summed E-state index contributed by atoms with van der Waals surface area (Å²) < 4.78 is 8.23. The van der Waals surface area contributed by atoms with Gasteiger partial charge in [-0.3, -0.25) is 4.79 Å². The van der Waals surface area contributed by atoms with E-state index in [-0.39, 0.29) is 12.2 Å². The second-order valence-corrected chi connectivity index (χ2v) is 5.02. The van der Waals surface area contributed by atoms with E-state index in [0.29, 0.717) is 6.04 Å². The second kappa shape index (κ2) is 5.11. The minimum atomic E-state index is -0.582. The SMILES string of the molecule is CCOC(=O)c1cn(C2CCCC2)c2ccnn2c1=O. The van der Waals surface area contributed by atoms with Crippen LogP contribution in [0.3, 0.4) is 0 Å². The van der Waals surface area contributed by atoms with Crippen LogP contribution in [-0.2, 0) is 4.74 Å². The Balaban J connectivity index is 2.18. The quantitative estimate of drug-likeness (QED) is 0.801. The van der Waals surface area contributed by atoms with E-state index in [1.807, 2.05) is 4.57 Å². The van der Waals surface area contributed by atoms with Crippen LogP contribution in [0.15, 0.2) is 23.3 Å².